The minimum absolute atomic E-state index is 0.0993. The van der Waals surface area contributed by atoms with Crippen molar-refractivity contribution in [1.82, 2.24) is 24.5 Å². The number of rotatable bonds is 9. The number of aromatic amines is 1. The summed E-state index contributed by atoms with van der Waals surface area (Å²) in [5.74, 6) is 0.343. The Morgan fingerprint density at radius 2 is 2.06 bits per heavy atom. The number of carbonyl (C=O) groups is 1. The van der Waals surface area contributed by atoms with Crippen LogP contribution in [-0.2, 0) is 23.0 Å². The standard InChI is InChI=1S/C19H22N6O3S3/c1-4-9-25-16(22-23-19(25)29)10-14-11-30-18(20-14)21-17(26)13-5-7-15(8-6-13)31(27,28)24-12(2)3/h4-8,11-12,24H,1,9-10H2,2-3H3,(H,23,29)(H,20,21,26). The SMILES string of the molecule is C=CCn1c(Cc2csc(NC(=O)c3ccc(S(=O)(=O)NC(C)C)cc3)n2)n[nH]c1=S. The lowest BCUT2D eigenvalue weighted by atomic mass is 10.2. The molecule has 31 heavy (non-hydrogen) atoms. The van der Waals surface area contributed by atoms with Crippen molar-refractivity contribution in [3.05, 3.63) is 64.2 Å². The molecule has 2 aromatic heterocycles. The number of carbonyl (C=O) groups excluding carboxylic acids is 1. The van der Waals surface area contributed by atoms with Crippen LogP contribution in [0.3, 0.4) is 0 Å². The summed E-state index contributed by atoms with van der Waals surface area (Å²) in [4.78, 5) is 17.0. The lowest BCUT2D eigenvalue weighted by molar-refractivity contribution is 0.102. The van der Waals surface area contributed by atoms with Crippen molar-refractivity contribution < 1.29 is 13.2 Å². The fraction of sp³-hybridized carbons (Fsp3) is 0.263. The topological polar surface area (TPSA) is 122 Å². The molecule has 0 atom stereocenters. The van der Waals surface area contributed by atoms with Gasteiger partial charge in [0.2, 0.25) is 10.0 Å². The van der Waals surface area contributed by atoms with Gasteiger partial charge >= 0.3 is 0 Å². The van der Waals surface area contributed by atoms with Gasteiger partial charge in [-0.25, -0.2) is 18.1 Å². The predicted molar refractivity (Wildman–Crippen MR) is 122 cm³/mol. The number of thiazole rings is 1. The summed E-state index contributed by atoms with van der Waals surface area (Å²) in [6.07, 6.45) is 2.18. The first-order valence-corrected chi connectivity index (χ1v) is 12.1. The Balaban J connectivity index is 1.67. The fourth-order valence-corrected chi connectivity index (χ4v) is 4.93. The van der Waals surface area contributed by atoms with Crippen LogP contribution in [0.5, 0.6) is 0 Å². The summed E-state index contributed by atoms with van der Waals surface area (Å²) in [5.41, 5.74) is 1.06. The van der Waals surface area contributed by atoms with Gasteiger partial charge in [0, 0.05) is 23.5 Å². The zero-order valence-electron chi connectivity index (χ0n) is 17.0. The van der Waals surface area contributed by atoms with Gasteiger partial charge in [0.15, 0.2) is 9.90 Å². The highest BCUT2D eigenvalue weighted by Gasteiger charge is 2.17. The molecule has 2 heterocycles. The van der Waals surface area contributed by atoms with Gasteiger partial charge in [0.25, 0.3) is 5.91 Å². The van der Waals surface area contributed by atoms with Crippen molar-refractivity contribution in [1.29, 1.82) is 0 Å². The summed E-state index contributed by atoms with van der Waals surface area (Å²) < 4.78 is 29.2. The van der Waals surface area contributed by atoms with Crippen molar-refractivity contribution in [2.45, 2.75) is 37.8 Å². The molecule has 1 aromatic carbocycles. The Kier molecular flexibility index (Phi) is 7.15. The third-order valence-corrected chi connectivity index (χ3v) is 6.87. The molecule has 0 bridgehead atoms. The van der Waals surface area contributed by atoms with Crippen molar-refractivity contribution in [2.24, 2.45) is 0 Å². The number of nitrogens with zero attached hydrogens (tertiary/aromatic N) is 3. The predicted octanol–water partition coefficient (Wildman–Crippen LogP) is 3.11. The summed E-state index contributed by atoms with van der Waals surface area (Å²) in [6, 6.07) is 5.50. The second kappa shape index (κ2) is 9.64. The summed E-state index contributed by atoms with van der Waals surface area (Å²) in [5, 5.41) is 12.0. The average molecular weight is 479 g/mol. The lowest BCUT2D eigenvalue weighted by Gasteiger charge is -2.10. The van der Waals surface area contributed by atoms with Gasteiger partial charge in [-0.3, -0.25) is 19.8 Å². The normalized spacial score (nSPS) is 11.6. The summed E-state index contributed by atoms with van der Waals surface area (Å²) in [7, 11) is -3.61. The van der Waals surface area contributed by atoms with Crippen molar-refractivity contribution in [3.63, 3.8) is 0 Å². The van der Waals surface area contributed by atoms with Crippen molar-refractivity contribution in [2.75, 3.05) is 5.32 Å². The number of anilines is 1. The highest BCUT2D eigenvalue weighted by atomic mass is 32.2. The van der Waals surface area contributed by atoms with Crippen LogP contribution in [0.25, 0.3) is 0 Å². The molecule has 164 valence electrons. The second-order valence-corrected chi connectivity index (χ2v) is 9.88. The zero-order valence-corrected chi connectivity index (χ0v) is 19.4. The number of nitrogens with one attached hydrogen (secondary N) is 3. The van der Waals surface area contributed by atoms with E-state index in [0.29, 0.717) is 28.4 Å². The molecule has 0 fully saturated rings. The fourth-order valence-electron chi connectivity index (χ4n) is 2.74. The largest absolute Gasteiger partial charge is 0.300 e. The number of benzene rings is 1. The number of allylic oxidation sites excluding steroid dienone is 1. The Hall–Kier alpha value is -2.67. The molecule has 9 nitrogen and oxygen atoms in total. The quantitative estimate of drug-likeness (QED) is 0.321. The van der Waals surface area contributed by atoms with Crippen molar-refractivity contribution in [3.8, 4) is 0 Å². The van der Waals surface area contributed by atoms with Crippen LogP contribution in [0, 0.1) is 4.77 Å². The summed E-state index contributed by atoms with van der Waals surface area (Å²) in [6.45, 7) is 7.73. The molecule has 0 saturated heterocycles. The number of H-pyrrole nitrogens is 1. The maximum atomic E-state index is 12.5. The molecule has 3 aromatic rings. The average Bonchev–Trinajstić information content (AvgIpc) is 3.29. The third kappa shape index (κ3) is 5.73. The van der Waals surface area contributed by atoms with Crippen LogP contribution >= 0.6 is 23.6 Å². The van der Waals surface area contributed by atoms with E-state index < -0.39 is 10.0 Å². The smallest absolute Gasteiger partial charge is 0.257 e. The first-order chi connectivity index (χ1) is 14.7. The van der Waals surface area contributed by atoms with Crippen LogP contribution in [0.2, 0.25) is 0 Å². The molecule has 0 aliphatic carbocycles. The second-order valence-electron chi connectivity index (χ2n) is 6.92. The number of aromatic nitrogens is 4. The van der Waals surface area contributed by atoms with E-state index in [4.69, 9.17) is 12.2 Å². The lowest BCUT2D eigenvalue weighted by Crippen LogP contribution is -2.30. The van der Waals surface area contributed by atoms with E-state index in [9.17, 15) is 13.2 Å². The third-order valence-electron chi connectivity index (χ3n) is 4.08. The molecule has 12 heteroatoms. The first kappa shape index (κ1) is 23.0. The molecule has 1 amide bonds. The zero-order chi connectivity index (χ0) is 22.6. The van der Waals surface area contributed by atoms with Gasteiger partial charge < -0.3 is 0 Å². The van der Waals surface area contributed by atoms with Crippen LogP contribution < -0.4 is 10.0 Å². The van der Waals surface area contributed by atoms with E-state index in [0.717, 1.165) is 11.5 Å². The molecular weight excluding hydrogens is 456 g/mol. The molecule has 3 rings (SSSR count). The molecule has 0 aliphatic rings. The number of amides is 1. The van der Waals surface area contributed by atoms with E-state index in [1.807, 2.05) is 9.95 Å². The molecule has 0 saturated carbocycles. The maximum Gasteiger partial charge on any atom is 0.257 e. The number of hydrogen-bond acceptors (Lipinski definition) is 7. The molecule has 3 N–H and O–H groups in total. The first-order valence-electron chi connectivity index (χ1n) is 9.32. The summed E-state index contributed by atoms with van der Waals surface area (Å²) >= 11 is 6.49. The monoisotopic (exact) mass is 478 g/mol. The molecule has 0 unspecified atom stereocenters. The highest BCUT2D eigenvalue weighted by molar-refractivity contribution is 7.89. The van der Waals surface area contributed by atoms with E-state index in [1.54, 1.807) is 19.9 Å². The van der Waals surface area contributed by atoms with Gasteiger partial charge in [-0.15, -0.1) is 17.9 Å². The van der Waals surface area contributed by atoms with Gasteiger partial charge in [0.05, 0.1) is 17.0 Å². The van der Waals surface area contributed by atoms with Gasteiger partial charge in [-0.05, 0) is 50.3 Å². The van der Waals surface area contributed by atoms with Crippen LogP contribution in [0.1, 0.15) is 35.7 Å². The Bertz CT molecular complexity index is 1240. The minimum atomic E-state index is -3.61. The van der Waals surface area contributed by atoms with Gasteiger partial charge in [-0.1, -0.05) is 6.08 Å². The van der Waals surface area contributed by atoms with Gasteiger partial charge in [-0.2, -0.15) is 5.10 Å². The Morgan fingerprint density at radius 1 is 1.35 bits per heavy atom. The number of hydrogen-bond donors (Lipinski definition) is 3. The Morgan fingerprint density at radius 3 is 2.71 bits per heavy atom. The van der Waals surface area contributed by atoms with Crippen molar-refractivity contribution >= 4 is 44.6 Å². The minimum Gasteiger partial charge on any atom is -0.300 e. The maximum absolute atomic E-state index is 12.5. The van der Waals surface area contributed by atoms with E-state index in [2.05, 4.69) is 31.8 Å². The van der Waals surface area contributed by atoms with Gasteiger partial charge in [0.1, 0.15) is 5.82 Å². The van der Waals surface area contributed by atoms with E-state index in [1.165, 1.54) is 35.6 Å². The number of sulfonamides is 1. The molecule has 0 radical (unpaired) electrons. The molecular formula is C19H22N6O3S3. The van der Waals surface area contributed by atoms with Crippen LogP contribution in [0.15, 0.2) is 47.2 Å². The highest BCUT2D eigenvalue weighted by Crippen LogP contribution is 2.19. The molecule has 0 spiro atoms. The Labute approximate surface area is 189 Å². The van der Waals surface area contributed by atoms with E-state index in [-0.39, 0.29) is 16.8 Å². The van der Waals surface area contributed by atoms with E-state index >= 15 is 0 Å². The molecule has 0 aliphatic heterocycles. The van der Waals surface area contributed by atoms with Crippen LogP contribution in [-0.4, -0.2) is 40.1 Å². The van der Waals surface area contributed by atoms with Crippen LogP contribution in [0.4, 0.5) is 5.13 Å².